The average molecular weight is 494 g/mol. The van der Waals surface area contributed by atoms with Crippen molar-refractivity contribution in [2.75, 3.05) is 0 Å². The summed E-state index contributed by atoms with van der Waals surface area (Å²) in [4.78, 5) is 0. The lowest BCUT2D eigenvalue weighted by Gasteiger charge is -2.34. The number of aromatic hydroxyl groups is 2. The van der Waals surface area contributed by atoms with Crippen LogP contribution in [0.4, 0.5) is 0 Å². The highest BCUT2D eigenvalue weighted by Crippen LogP contribution is 2.52. The van der Waals surface area contributed by atoms with Crippen LogP contribution >= 0.6 is 46.4 Å². The molecule has 0 aliphatic carbocycles. The summed E-state index contributed by atoms with van der Waals surface area (Å²) >= 11 is 25.0. The molecule has 0 radical (unpaired) electrons. The quantitative estimate of drug-likeness (QED) is 0.311. The minimum Gasteiger partial charge on any atom is -0.508 e. The number of hydrogen-bond donors (Lipinski definition) is 3. The lowest BCUT2D eigenvalue weighted by atomic mass is 9.83. The predicted molar refractivity (Wildman–Crippen MR) is 114 cm³/mol. The smallest absolute Gasteiger partial charge is 0.283 e. The Bertz CT molecular complexity index is 1170. The average Bonchev–Trinajstić information content (AvgIpc) is 2.60. The third-order valence-electron chi connectivity index (χ3n) is 4.35. The van der Waals surface area contributed by atoms with E-state index in [2.05, 4.69) is 0 Å². The number of rotatable bonds is 4. The van der Waals surface area contributed by atoms with Crippen LogP contribution in [0, 0.1) is 0 Å². The standard InChI is InChI=1S/C19H12Cl4O5S/c20-11-3-6-15(21)14(7-11)19(29(26,27)28,10-1-4-12(24)5-2-10)18-16(22)8-13(25)9-17(18)23/h1-9,24-25H,(H,26,27,28). The van der Waals surface area contributed by atoms with Crippen LogP contribution in [-0.2, 0) is 14.9 Å². The molecular formula is C19H12Cl4O5S. The van der Waals surface area contributed by atoms with Crippen LogP contribution in [0.2, 0.25) is 20.1 Å². The lowest BCUT2D eigenvalue weighted by Crippen LogP contribution is -2.39. The Balaban J connectivity index is 2.63. The van der Waals surface area contributed by atoms with Gasteiger partial charge in [-0.05, 0) is 48.0 Å². The van der Waals surface area contributed by atoms with E-state index in [4.69, 9.17) is 46.4 Å². The van der Waals surface area contributed by atoms with Crippen molar-refractivity contribution in [1.29, 1.82) is 0 Å². The first-order chi connectivity index (χ1) is 13.5. The molecule has 0 aliphatic heterocycles. The monoisotopic (exact) mass is 492 g/mol. The van der Waals surface area contributed by atoms with Crippen LogP contribution in [-0.4, -0.2) is 23.2 Å². The molecule has 152 valence electrons. The van der Waals surface area contributed by atoms with E-state index >= 15 is 0 Å². The van der Waals surface area contributed by atoms with Crippen LogP contribution in [0.25, 0.3) is 0 Å². The summed E-state index contributed by atoms with van der Waals surface area (Å²) in [7, 11) is -5.07. The molecule has 0 bridgehead atoms. The zero-order chi connectivity index (χ0) is 21.6. The van der Waals surface area contributed by atoms with Crippen LogP contribution < -0.4 is 0 Å². The maximum atomic E-state index is 13.0. The van der Waals surface area contributed by atoms with Crippen LogP contribution in [0.15, 0.2) is 54.6 Å². The Labute approximate surface area is 186 Å². The number of phenolic OH excluding ortho intramolecular Hbond substituents is 2. The fraction of sp³-hybridized carbons (Fsp3) is 0.0526. The van der Waals surface area contributed by atoms with Gasteiger partial charge in [-0.15, -0.1) is 0 Å². The van der Waals surface area contributed by atoms with Crippen molar-refractivity contribution < 1.29 is 23.2 Å². The minimum atomic E-state index is -5.07. The van der Waals surface area contributed by atoms with Crippen molar-refractivity contribution in [2.24, 2.45) is 0 Å². The molecule has 0 aromatic heterocycles. The second-order valence-corrected chi connectivity index (χ2v) is 9.33. The van der Waals surface area contributed by atoms with Crippen molar-refractivity contribution in [3.8, 4) is 11.5 Å². The van der Waals surface area contributed by atoms with Gasteiger partial charge in [0.05, 0.1) is 10.0 Å². The number of benzene rings is 3. The van der Waals surface area contributed by atoms with Gasteiger partial charge >= 0.3 is 0 Å². The highest BCUT2D eigenvalue weighted by atomic mass is 35.5. The first-order valence-electron chi connectivity index (χ1n) is 7.89. The fourth-order valence-electron chi connectivity index (χ4n) is 3.21. The van der Waals surface area contributed by atoms with Gasteiger partial charge in [0.2, 0.25) is 0 Å². The minimum absolute atomic E-state index is 0.0172. The summed E-state index contributed by atoms with van der Waals surface area (Å²) < 4.78 is 34.1. The molecule has 0 amide bonds. The van der Waals surface area contributed by atoms with Gasteiger partial charge in [-0.3, -0.25) is 4.55 Å². The van der Waals surface area contributed by atoms with Crippen LogP contribution in [0.3, 0.4) is 0 Å². The lowest BCUT2D eigenvalue weighted by molar-refractivity contribution is 0.456. The summed E-state index contributed by atoms with van der Waals surface area (Å²) in [6.45, 7) is 0. The first kappa shape index (κ1) is 22.0. The second kappa shape index (κ2) is 7.87. The van der Waals surface area contributed by atoms with Gasteiger partial charge in [0.25, 0.3) is 10.1 Å². The number of phenols is 2. The maximum Gasteiger partial charge on any atom is 0.283 e. The largest absolute Gasteiger partial charge is 0.508 e. The first-order valence-corrected chi connectivity index (χ1v) is 10.8. The normalized spacial score (nSPS) is 13.8. The van der Waals surface area contributed by atoms with E-state index in [1.165, 1.54) is 42.5 Å². The van der Waals surface area contributed by atoms with E-state index in [0.29, 0.717) is 0 Å². The van der Waals surface area contributed by atoms with Crippen molar-refractivity contribution in [3.05, 3.63) is 91.4 Å². The number of halogens is 4. The highest BCUT2D eigenvalue weighted by molar-refractivity contribution is 7.87. The Morgan fingerprint density at radius 3 is 1.79 bits per heavy atom. The maximum absolute atomic E-state index is 13.0. The van der Waals surface area contributed by atoms with Crippen molar-refractivity contribution in [1.82, 2.24) is 0 Å². The zero-order valence-electron chi connectivity index (χ0n) is 14.3. The topological polar surface area (TPSA) is 94.8 Å². The Morgan fingerprint density at radius 2 is 1.28 bits per heavy atom. The molecule has 0 saturated carbocycles. The Morgan fingerprint density at radius 1 is 0.724 bits per heavy atom. The van der Waals surface area contributed by atoms with E-state index < -0.39 is 14.9 Å². The molecule has 3 aromatic carbocycles. The molecule has 3 rings (SSSR count). The fourth-order valence-corrected chi connectivity index (χ4v) is 5.93. The molecule has 10 heteroatoms. The SMILES string of the molecule is O=S(=O)(O)C(c1ccc(O)cc1)(c1cc(Cl)ccc1Cl)c1c(Cl)cc(O)cc1Cl. The van der Waals surface area contributed by atoms with E-state index in [0.717, 1.165) is 12.1 Å². The highest BCUT2D eigenvalue weighted by Gasteiger charge is 2.52. The molecule has 0 fully saturated rings. The Kier molecular flexibility index (Phi) is 5.98. The second-order valence-electron chi connectivity index (χ2n) is 6.11. The number of hydrogen-bond acceptors (Lipinski definition) is 4. The third-order valence-corrected chi connectivity index (χ3v) is 6.94. The molecule has 3 N–H and O–H groups in total. The molecule has 1 atom stereocenters. The van der Waals surface area contributed by atoms with Gasteiger partial charge in [0.1, 0.15) is 11.5 Å². The predicted octanol–water partition coefficient (Wildman–Crippen LogP) is 5.89. The van der Waals surface area contributed by atoms with Crippen LogP contribution in [0.5, 0.6) is 11.5 Å². The van der Waals surface area contributed by atoms with E-state index in [1.54, 1.807) is 0 Å². The molecule has 0 saturated heterocycles. The van der Waals surface area contributed by atoms with Crippen molar-refractivity contribution in [2.45, 2.75) is 4.75 Å². The third kappa shape index (κ3) is 3.77. The molecule has 29 heavy (non-hydrogen) atoms. The Hall–Kier alpha value is -1.67. The van der Waals surface area contributed by atoms with E-state index in [1.807, 2.05) is 0 Å². The summed E-state index contributed by atoms with van der Waals surface area (Å²) in [5.41, 5.74) is -0.373. The van der Waals surface area contributed by atoms with Gasteiger partial charge in [0.15, 0.2) is 4.75 Å². The molecule has 0 heterocycles. The summed E-state index contributed by atoms with van der Waals surface area (Å²) in [6, 6.07) is 11.3. The molecule has 5 nitrogen and oxygen atoms in total. The summed E-state index contributed by atoms with van der Waals surface area (Å²) in [5.74, 6) is -0.450. The molecular weight excluding hydrogens is 482 g/mol. The molecule has 0 aliphatic rings. The van der Waals surface area contributed by atoms with E-state index in [-0.39, 0.29) is 48.3 Å². The zero-order valence-corrected chi connectivity index (χ0v) is 18.1. The van der Waals surface area contributed by atoms with Gasteiger partial charge in [-0.25, -0.2) is 0 Å². The van der Waals surface area contributed by atoms with Crippen molar-refractivity contribution in [3.63, 3.8) is 0 Å². The molecule has 0 spiro atoms. The molecule has 1 unspecified atom stereocenters. The van der Waals surface area contributed by atoms with Gasteiger partial charge in [0, 0.05) is 21.2 Å². The van der Waals surface area contributed by atoms with Gasteiger partial charge < -0.3 is 10.2 Å². The van der Waals surface area contributed by atoms with Crippen molar-refractivity contribution >= 4 is 56.5 Å². The summed E-state index contributed by atoms with van der Waals surface area (Å²) in [6.07, 6.45) is 0. The van der Waals surface area contributed by atoms with E-state index in [9.17, 15) is 23.2 Å². The van der Waals surface area contributed by atoms with Gasteiger partial charge in [-0.2, -0.15) is 8.42 Å². The van der Waals surface area contributed by atoms with Crippen LogP contribution in [0.1, 0.15) is 16.7 Å². The van der Waals surface area contributed by atoms with Gasteiger partial charge in [-0.1, -0.05) is 58.5 Å². The summed E-state index contributed by atoms with van der Waals surface area (Å²) in [5, 5.41) is 19.1. The molecule has 3 aromatic rings.